The second-order valence-corrected chi connectivity index (χ2v) is 7.99. The molecule has 2 saturated carbocycles. The van der Waals surface area contributed by atoms with E-state index in [1.807, 2.05) is 0 Å². The predicted octanol–water partition coefficient (Wildman–Crippen LogP) is 3.56. The molecule has 118 valence electrons. The van der Waals surface area contributed by atoms with E-state index in [9.17, 15) is 9.59 Å². The summed E-state index contributed by atoms with van der Waals surface area (Å²) in [6.07, 6.45) is 9.42. The predicted molar refractivity (Wildman–Crippen MR) is 82.8 cm³/mol. The maximum absolute atomic E-state index is 13.0. The van der Waals surface area contributed by atoms with Gasteiger partial charge in [-0.15, -0.1) is 0 Å². The Morgan fingerprint density at radius 2 is 1.90 bits per heavy atom. The van der Waals surface area contributed by atoms with Crippen molar-refractivity contribution in [3.8, 4) is 0 Å². The summed E-state index contributed by atoms with van der Waals surface area (Å²) in [6.45, 7) is 5.35. The highest BCUT2D eigenvalue weighted by Crippen LogP contribution is 2.45. The molecule has 1 saturated heterocycles. The third-order valence-corrected chi connectivity index (χ3v) is 6.20. The monoisotopic (exact) mass is 291 g/mol. The van der Waals surface area contributed by atoms with Crippen LogP contribution in [0.4, 0.5) is 0 Å². The molecule has 3 atom stereocenters. The molecule has 3 nitrogen and oxygen atoms in total. The summed E-state index contributed by atoms with van der Waals surface area (Å²) in [6, 6.07) is 0.210. The largest absolute Gasteiger partial charge is 0.339 e. The van der Waals surface area contributed by atoms with Crippen LogP contribution < -0.4 is 0 Å². The molecule has 21 heavy (non-hydrogen) atoms. The van der Waals surface area contributed by atoms with Crippen molar-refractivity contribution in [3.05, 3.63) is 0 Å². The number of nitrogens with zero attached hydrogens (tertiary/aromatic N) is 1. The second kappa shape index (κ2) is 5.73. The van der Waals surface area contributed by atoms with Crippen molar-refractivity contribution in [3.63, 3.8) is 0 Å². The van der Waals surface area contributed by atoms with Crippen LogP contribution >= 0.6 is 0 Å². The van der Waals surface area contributed by atoms with Gasteiger partial charge in [0, 0.05) is 30.8 Å². The van der Waals surface area contributed by atoms with Gasteiger partial charge in [-0.25, -0.2) is 0 Å². The molecule has 2 aliphatic carbocycles. The Hall–Kier alpha value is -0.860. The summed E-state index contributed by atoms with van der Waals surface area (Å²) in [5.74, 6) is 1.07. The van der Waals surface area contributed by atoms with E-state index in [1.165, 1.54) is 6.42 Å². The van der Waals surface area contributed by atoms with Gasteiger partial charge in [-0.1, -0.05) is 26.7 Å². The zero-order valence-electron chi connectivity index (χ0n) is 13.6. The van der Waals surface area contributed by atoms with Gasteiger partial charge in [0.05, 0.1) is 0 Å². The molecule has 3 fully saturated rings. The van der Waals surface area contributed by atoms with Crippen LogP contribution in [0.5, 0.6) is 0 Å². The quantitative estimate of drug-likeness (QED) is 0.780. The van der Waals surface area contributed by atoms with E-state index in [4.69, 9.17) is 0 Å². The van der Waals surface area contributed by atoms with Crippen molar-refractivity contribution in [1.29, 1.82) is 0 Å². The Morgan fingerprint density at radius 1 is 1.10 bits per heavy atom. The molecule has 3 heteroatoms. The lowest BCUT2D eigenvalue weighted by atomic mass is 9.79. The first-order valence-electron chi connectivity index (χ1n) is 8.84. The van der Waals surface area contributed by atoms with E-state index < -0.39 is 0 Å². The van der Waals surface area contributed by atoms with Gasteiger partial charge in [0.25, 0.3) is 0 Å². The number of hydrogen-bond donors (Lipinski definition) is 0. The lowest BCUT2D eigenvalue weighted by molar-refractivity contribution is -0.141. The molecule has 3 unspecified atom stereocenters. The van der Waals surface area contributed by atoms with Crippen molar-refractivity contribution in [1.82, 2.24) is 4.90 Å². The van der Waals surface area contributed by atoms with Crippen LogP contribution in [0.15, 0.2) is 0 Å². The summed E-state index contributed by atoms with van der Waals surface area (Å²) < 4.78 is 0. The van der Waals surface area contributed by atoms with E-state index in [-0.39, 0.29) is 23.3 Å². The Morgan fingerprint density at radius 3 is 2.57 bits per heavy atom. The molecule has 0 aromatic heterocycles. The SMILES string of the molecule is CC1(C)CCCC1C(=O)N1CCCC1C1CCCCC1=O. The molecule has 1 amide bonds. The number of carbonyl (C=O) groups is 2. The maximum Gasteiger partial charge on any atom is 0.226 e. The first kappa shape index (κ1) is 15.1. The number of likely N-dealkylation sites (tertiary alicyclic amines) is 1. The van der Waals surface area contributed by atoms with E-state index in [0.29, 0.717) is 11.7 Å². The molecule has 1 aliphatic heterocycles. The zero-order valence-corrected chi connectivity index (χ0v) is 13.6. The number of carbonyl (C=O) groups excluding carboxylic acids is 2. The van der Waals surface area contributed by atoms with Gasteiger partial charge >= 0.3 is 0 Å². The van der Waals surface area contributed by atoms with Crippen LogP contribution in [0.2, 0.25) is 0 Å². The minimum absolute atomic E-state index is 0.134. The number of Topliss-reactive ketones (excluding diaryl/α,β-unsaturated/α-hetero) is 1. The fourth-order valence-electron chi connectivity index (χ4n) is 4.89. The van der Waals surface area contributed by atoms with E-state index >= 15 is 0 Å². The van der Waals surface area contributed by atoms with Crippen molar-refractivity contribution in [2.24, 2.45) is 17.3 Å². The second-order valence-electron chi connectivity index (χ2n) is 7.99. The zero-order chi connectivity index (χ0) is 15.0. The Labute approximate surface area is 128 Å². The van der Waals surface area contributed by atoms with Gasteiger partial charge in [0.15, 0.2) is 0 Å². The fourth-order valence-corrected chi connectivity index (χ4v) is 4.89. The van der Waals surface area contributed by atoms with Gasteiger partial charge in [-0.05, 0) is 43.9 Å². The van der Waals surface area contributed by atoms with Crippen LogP contribution in [-0.4, -0.2) is 29.2 Å². The highest BCUT2D eigenvalue weighted by Gasteiger charge is 2.45. The van der Waals surface area contributed by atoms with Crippen LogP contribution in [0.1, 0.15) is 71.6 Å². The van der Waals surface area contributed by atoms with Gasteiger partial charge < -0.3 is 4.90 Å². The average Bonchev–Trinajstić information content (AvgIpc) is 3.04. The van der Waals surface area contributed by atoms with Gasteiger partial charge in [-0.3, -0.25) is 9.59 Å². The summed E-state index contributed by atoms with van der Waals surface area (Å²) in [7, 11) is 0. The molecule has 0 aromatic carbocycles. The van der Waals surface area contributed by atoms with Gasteiger partial charge in [-0.2, -0.15) is 0 Å². The fraction of sp³-hybridized carbons (Fsp3) is 0.889. The summed E-state index contributed by atoms with van der Waals surface area (Å²) >= 11 is 0. The van der Waals surface area contributed by atoms with Crippen molar-refractivity contribution < 1.29 is 9.59 Å². The van der Waals surface area contributed by atoms with Crippen molar-refractivity contribution in [2.45, 2.75) is 77.7 Å². The Balaban J connectivity index is 1.74. The smallest absolute Gasteiger partial charge is 0.226 e. The minimum Gasteiger partial charge on any atom is -0.339 e. The first-order chi connectivity index (χ1) is 10.0. The van der Waals surface area contributed by atoms with E-state index in [2.05, 4.69) is 18.7 Å². The highest BCUT2D eigenvalue weighted by molar-refractivity contribution is 5.85. The average molecular weight is 291 g/mol. The van der Waals surface area contributed by atoms with Crippen LogP contribution in [0.3, 0.4) is 0 Å². The third-order valence-electron chi connectivity index (χ3n) is 6.20. The van der Waals surface area contributed by atoms with E-state index in [1.54, 1.807) is 0 Å². The third kappa shape index (κ3) is 2.76. The van der Waals surface area contributed by atoms with Crippen LogP contribution in [0, 0.1) is 17.3 Å². The summed E-state index contributed by atoms with van der Waals surface area (Å²) in [5, 5.41) is 0. The topological polar surface area (TPSA) is 37.4 Å². The van der Waals surface area contributed by atoms with Crippen molar-refractivity contribution in [2.75, 3.05) is 6.54 Å². The Bertz CT molecular complexity index is 429. The molecule has 0 spiro atoms. The molecule has 0 N–H and O–H groups in total. The number of ketones is 1. The lowest BCUT2D eigenvalue weighted by Crippen LogP contribution is -2.47. The molecular weight excluding hydrogens is 262 g/mol. The van der Waals surface area contributed by atoms with E-state index in [0.717, 1.165) is 57.9 Å². The van der Waals surface area contributed by atoms with Gasteiger partial charge in [0.1, 0.15) is 5.78 Å². The lowest BCUT2D eigenvalue weighted by Gasteiger charge is -2.37. The highest BCUT2D eigenvalue weighted by atomic mass is 16.2. The van der Waals surface area contributed by atoms with Crippen LogP contribution in [0.25, 0.3) is 0 Å². The minimum atomic E-state index is 0.134. The standard InChI is InChI=1S/C18H29NO2/c1-18(2)11-5-8-14(18)17(21)19-12-6-9-15(19)13-7-3-4-10-16(13)20/h13-15H,3-12H2,1-2H3. The number of amides is 1. The molecular formula is C18H29NO2. The molecule has 1 heterocycles. The molecule has 0 aromatic rings. The molecule has 0 bridgehead atoms. The normalized spacial score (nSPS) is 36.2. The number of rotatable bonds is 2. The molecule has 3 aliphatic rings. The van der Waals surface area contributed by atoms with Crippen molar-refractivity contribution >= 4 is 11.7 Å². The van der Waals surface area contributed by atoms with Gasteiger partial charge in [0.2, 0.25) is 5.91 Å². The molecule has 0 radical (unpaired) electrons. The Kier molecular flexibility index (Phi) is 4.11. The van der Waals surface area contributed by atoms with Crippen LogP contribution in [-0.2, 0) is 9.59 Å². The number of hydrogen-bond acceptors (Lipinski definition) is 2. The maximum atomic E-state index is 13.0. The summed E-state index contributed by atoms with van der Waals surface area (Å²) in [5.41, 5.74) is 0.140. The molecule has 3 rings (SSSR count). The first-order valence-corrected chi connectivity index (χ1v) is 8.84. The summed E-state index contributed by atoms with van der Waals surface area (Å²) in [4.78, 5) is 27.4.